The molecule has 1 amide bonds. The third-order valence-electron chi connectivity index (χ3n) is 3.10. The summed E-state index contributed by atoms with van der Waals surface area (Å²) in [6.45, 7) is 5.76. The molecule has 104 valence electrons. The summed E-state index contributed by atoms with van der Waals surface area (Å²) in [5, 5.41) is 0. The highest BCUT2D eigenvalue weighted by atomic mass is 16.5. The molecule has 0 N–H and O–H groups in total. The smallest absolute Gasteiger partial charge is 0.226 e. The molecule has 19 heavy (non-hydrogen) atoms. The summed E-state index contributed by atoms with van der Waals surface area (Å²) in [7, 11) is 0. The second-order valence-electron chi connectivity index (χ2n) is 4.97. The molecule has 1 heterocycles. The average Bonchev–Trinajstić information content (AvgIpc) is 2.38. The van der Waals surface area contributed by atoms with Crippen LogP contribution in [0, 0.1) is 0 Å². The first-order valence-electron chi connectivity index (χ1n) is 6.76. The highest BCUT2D eigenvalue weighted by Crippen LogP contribution is 2.13. The Kier molecular flexibility index (Phi) is 4.80. The Hall–Kier alpha value is -1.55. The molecule has 2 rings (SSSR count). The number of para-hydroxylation sites is 1. The van der Waals surface area contributed by atoms with Gasteiger partial charge in [-0.3, -0.25) is 4.79 Å². The fourth-order valence-electron chi connectivity index (χ4n) is 2.31. The molecule has 0 bridgehead atoms. The largest absolute Gasteiger partial charge is 0.493 e. The van der Waals surface area contributed by atoms with Crippen LogP contribution in [0.5, 0.6) is 5.75 Å². The van der Waals surface area contributed by atoms with Gasteiger partial charge in [-0.2, -0.15) is 0 Å². The quantitative estimate of drug-likeness (QED) is 0.835. The molecule has 1 saturated heterocycles. The van der Waals surface area contributed by atoms with Crippen molar-refractivity contribution in [1.82, 2.24) is 4.90 Å². The third kappa shape index (κ3) is 4.24. The lowest BCUT2D eigenvalue weighted by molar-refractivity contribution is -0.143. The topological polar surface area (TPSA) is 38.8 Å². The minimum atomic E-state index is 0.114. The van der Waals surface area contributed by atoms with Crippen LogP contribution in [-0.4, -0.2) is 42.7 Å². The summed E-state index contributed by atoms with van der Waals surface area (Å²) in [6, 6.07) is 9.56. The van der Waals surface area contributed by atoms with Gasteiger partial charge in [0.05, 0.1) is 25.2 Å². The van der Waals surface area contributed by atoms with Gasteiger partial charge in [0.2, 0.25) is 5.91 Å². The molecular formula is C15H21NO3. The molecule has 1 fully saturated rings. The van der Waals surface area contributed by atoms with E-state index in [2.05, 4.69) is 0 Å². The second-order valence-corrected chi connectivity index (χ2v) is 4.97. The summed E-state index contributed by atoms with van der Waals surface area (Å²) in [5.74, 6) is 0.942. The van der Waals surface area contributed by atoms with E-state index >= 15 is 0 Å². The van der Waals surface area contributed by atoms with Crippen molar-refractivity contribution in [3.8, 4) is 5.75 Å². The first-order chi connectivity index (χ1) is 9.15. The number of nitrogens with zero attached hydrogens (tertiary/aromatic N) is 1. The van der Waals surface area contributed by atoms with Crippen LogP contribution in [0.25, 0.3) is 0 Å². The fraction of sp³-hybridized carbons (Fsp3) is 0.533. The molecule has 1 aromatic rings. The van der Waals surface area contributed by atoms with Crippen LogP contribution in [0.15, 0.2) is 30.3 Å². The van der Waals surface area contributed by atoms with E-state index in [4.69, 9.17) is 9.47 Å². The van der Waals surface area contributed by atoms with Crippen molar-refractivity contribution < 1.29 is 14.3 Å². The number of hydrogen-bond acceptors (Lipinski definition) is 3. The van der Waals surface area contributed by atoms with E-state index in [1.807, 2.05) is 49.1 Å². The van der Waals surface area contributed by atoms with Crippen molar-refractivity contribution >= 4 is 5.91 Å². The van der Waals surface area contributed by atoms with Crippen molar-refractivity contribution in [1.29, 1.82) is 0 Å². The number of carbonyl (C=O) groups is 1. The number of hydrogen-bond donors (Lipinski definition) is 0. The minimum Gasteiger partial charge on any atom is -0.493 e. The Morgan fingerprint density at radius 2 is 1.89 bits per heavy atom. The van der Waals surface area contributed by atoms with E-state index < -0.39 is 0 Å². The Labute approximate surface area is 114 Å². The molecular weight excluding hydrogens is 242 g/mol. The fourth-order valence-corrected chi connectivity index (χ4v) is 2.31. The summed E-state index contributed by atoms with van der Waals surface area (Å²) in [6.07, 6.45) is 0.638. The van der Waals surface area contributed by atoms with Crippen LogP contribution in [0.4, 0.5) is 0 Å². The molecule has 0 spiro atoms. The molecule has 1 aliphatic rings. The lowest BCUT2D eigenvalue weighted by Gasteiger charge is -2.35. The highest BCUT2D eigenvalue weighted by molar-refractivity contribution is 5.76. The predicted molar refractivity (Wildman–Crippen MR) is 73.1 cm³/mol. The Bertz CT molecular complexity index is 397. The minimum absolute atomic E-state index is 0.114. The predicted octanol–water partition coefficient (Wildman–Crippen LogP) is 2.09. The van der Waals surface area contributed by atoms with Gasteiger partial charge < -0.3 is 14.4 Å². The van der Waals surface area contributed by atoms with Gasteiger partial charge in [-0.1, -0.05) is 18.2 Å². The van der Waals surface area contributed by atoms with Crippen LogP contribution in [-0.2, 0) is 9.53 Å². The van der Waals surface area contributed by atoms with Gasteiger partial charge in [0.25, 0.3) is 0 Å². The molecule has 4 heteroatoms. The summed E-state index contributed by atoms with van der Waals surface area (Å²) in [4.78, 5) is 13.9. The molecule has 0 aromatic heterocycles. The number of carbonyl (C=O) groups excluding carboxylic acids is 1. The van der Waals surface area contributed by atoms with Gasteiger partial charge >= 0.3 is 0 Å². The van der Waals surface area contributed by atoms with Crippen LogP contribution in [0.1, 0.15) is 20.3 Å². The SMILES string of the molecule is C[C@@H]1CN(C(=O)CCOc2ccccc2)C[C@@H](C)O1. The van der Waals surface area contributed by atoms with Gasteiger partial charge in [-0.05, 0) is 26.0 Å². The van der Waals surface area contributed by atoms with Crippen molar-refractivity contribution in [2.24, 2.45) is 0 Å². The standard InChI is InChI=1S/C15H21NO3/c1-12-10-16(11-13(2)19-12)15(17)8-9-18-14-6-4-3-5-7-14/h3-7,12-13H,8-11H2,1-2H3/t12-,13-/m1/s1. The summed E-state index contributed by atoms with van der Waals surface area (Å²) in [5.41, 5.74) is 0. The van der Waals surface area contributed by atoms with Crippen molar-refractivity contribution in [2.75, 3.05) is 19.7 Å². The van der Waals surface area contributed by atoms with Gasteiger partial charge in [-0.15, -0.1) is 0 Å². The van der Waals surface area contributed by atoms with E-state index in [1.165, 1.54) is 0 Å². The summed E-state index contributed by atoms with van der Waals surface area (Å²) >= 11 is 0. The molecule has 1 aromatic carbocycles. The van der Waals surface area contributed by atoms with Crippen LogP contribution >= 0.6 is 0 Å². The number of amides is 1. The normalized spacial score (nSPS) is 23.2. The van der Waals surface area contributed by atoms with Crippen molar-refractivity contribution in [3.05, 3.63) is 30.3 Å². The molecule has 0 aliphatic carbocycles. The van der Waals surface area contributed by atoms with E-state index in [-0.39, 0.29) is 18.1 Å². The van der Waals surface area contributed by atoms with Gasteiger partial charge in [0.15, 0.2) is 0 Å². The maximum atomic E-state index is 12.1. The molecule has 1 aliphatic heterocycles. The van der Waals surface area contributed by atoms with Crippen molar-refractivity contribution in [3.63, 3.8) is 0 Å². The second kappa shape index (κ2) is 6.57. The maximum absolute atomic E-state index is 12.1. The number of ether oxygens (including phenoxy) is 2. The Morgan fingerprint density at radius 1 is 1.26 bits per heavy atom. The molecule has 0 radical (unpaired) electrons. The molecule has 0 saturated carbocycles. The van der Waals surface area contributed by atoms with E-state index in [1.54, 1.807) is 0 Å². The van der Waals surface area contributed by atoms with Gasteiger partial charge in [0, 0.05) is 13.1 Å². The zero-order valence-electron chi connectivity index (χ0n) is 11.5. The highest BCUT2D eigenvalue weighted by Gasteiger charge is 2.25. The van der Waals surface area contributed by atoms with Gasteiger partial charge in [-0.25, -0.2) is 0 Å². The van der Waals surface area contributed by atoms with Gasteiger partial charge in [0.1, 0.15) is 5.75 Å². The van der Waals surface area contributed by atoms with Crippen LogP contribution in [0.3, 0.4) is 0 Å². The number of morpholine rings is 1. The van der Waals surface area contributed by atoms with Crippen LogP contribution in [0.2, 0.25) is 0 Å². The first-order valence-corrected chi connectivity index (χ1v) is 6.76. The zero-order valence-corrected chi connectivity index (χ0v) is 11.5. The maximum Gasteiger partial charge on any atom is 0.226 e. The summed E-state index contributed by atoms with van der Waals surface area (Å²) < 4.78 is 11.2. The van der Waals surface area contributed by atoms with Crippen molar-refractivity contribution in [2.45, 2.75) is 32.5 Å². The Morgan fingerprint density at radius 3 is 2.53 bits per heavy atom. The number of benzene rings is 1. The van der Waals surface area contributed by atoms with E-state index in [0.717, 1.165) is 5.75 Å². The number of rotatable bonds is 4. The average molecular weight is 263 g/mol. The molecule has 2 atom stereocenters. The van der Waals surface area contributed by atoms with E-state index in [9.17, 15) is 4.79 Å². The molecule has 4 nitrogen and oxygen atoms in total. The first kappa shape index (κ1) is 13.9. The monoisotopic (exact) mass is 263 g/mol. The van der Waals surface area contributed by atoms with Crippen LogP contribution < -0.4 is 4.74 Å². The lowest BCUT2D eigenvalue weighted by atomic mass is 10.2. The third-order valence-corrected chi connectivity index (χ3v) is 3.10. The Balaban J connectivity index is 1.75. The lowest BCUT2D eigenvalue weighted by Crippen LogP contribution is -2.48. The zero-order chi connectivity index (χ0) is 13.7. The molecule has 0 unspecified atom stereocenters. The van der Waals surface area contributed by atoms with E-state index in [0.29, 0.717) is 26.1 Å².